The highest BCUT2D eigenvalue weighted by atomic mass is 16.7. The van der Waals surface area contributed by atoms with Crippen molar-refractivity contribution in [3.05, 3.63) is 24.3 Å². The number of hydrogen-bond donors (Lipinski definition) is 9. The van der Waals surface area contributed by atoms with Gasteiger partial charge in [0.25, 0.3) is 0 Å². The van der Waals surface area contributed by atoms with Crippen molar-refractivity contribution in [3.63, 3.8) is 0 Å². The van der Waals surface area contributed by atoms with Crippen LogP contribution in [-0.4, -0.2) is 140 Å². The lowest BCUT2D eigenvalue weighted by molar-refractivity contribution is -0.359. The van der Waals surface area contributed by atoms with Gasteiger partial charge in [-0.15, -0.1) is 0 Å². The fourth-order valence-corrected chi connectivity index (χ4v) is 14.4. The van der Waals surface area contributed by atoms with Gasteiger partial charge in [0, 0.05) is 6.42 Å². The number of carbonyl (C=O) groups is 1. The summed E-state index contributed by atoms with van der Waals surface area (Å²) in [6.45, 7) is 2.86. The number of ether oxygens (including phenoxy) is 4. The first-order valence-electron chi connectivity index (χ1n) is 42.6. The number of aliphatic hydroxyl groups is 8. The van der Waals surface area contributed by atoms with Gasteiger partial charge in [0.15, 0.2) is 12.6 Å². The topological polar surface area (TPSA) is 228 Å². The summed E-state index contributed by atoms with van der Waals surface area (Å²) in [7, 11) is 0. The Kier molecular flexibility index (Phi) is 64.8. The normalized spacial score (nSPS) is 22.1. The maximum absolute atomic E-state index is 13.4. The van der Waals surface area contributed by atoms with E-state index < -0.39 is 86.8 Å². The van der Waals surface area contributed by atoms with Gasteiger partial charge in [0.2, 0.25) is 5.91 Å². The van der Waals surface area contributed by atoms with E-state index in [1.165, 1.54) is 347 Å². The first-order chi connectivity index (χ1) is 48.1. The zero-order valence-electron chi connectivity index (χ0n) is 63.8. The van der Waals surface area contributed by atoms with Crippen LogP contribution in [0.15, 0.2) is 24.3 Å². The third kappa shape index (κ3) is 50.8. The van der Waals surface area contributed by atoms with Crippen LogP contribution in [0, 0.1) is 0 Å². The molecule has 14 nitrogen and oxygen atoms in total. The van der Waals surface area contributed by atoms with E-state index in [2.05, 4.69) is 31.3 Å². The van der Waals surface area contributed by atoms with Crippen molar-refractivity contribution >= 4 is 5.91 Å². The number of amides is 1. The summed E-state index contributed by atoms with van der Waals surface area (Å²) in [6.07, 6.45) is 73.0. The molecule has 2 fully saturated rings. The van der Waals surface area contributed by atoms with E-state index in [-0.39, 0.29) is 18.9 Å². The highest BCUT2D eigenvalue weighted by molar-refractivity contribution is 5.76. The van der Waals surface area contributed by atoms with Crippen LogP contribution in [0.1, 0.15) is 412 Å². The molecule has 0 aliphatic carbocycles. The monoisotopic (exact) mass is 1390 g/mol. The lowest BCUT2D eigenvalue weighted by Gasteiger charge is -2.46. The van der Waals surface area contributed by atoms with E-state index in [1.54, 1.807) is 6.08 Å². The number of hydrogen-bond acceptors (Lipinski definition) is 13. The second-order valence-electron chi connectivity index (χ2n) is 30.3. The van der Waals surface area contributed by atoms with Crippen molar-refractivity contribution < 1.29 is 64.6 Å². The van der Waals surface area contributed by atoms with Crippen LogP contribution in [-0.2, 0) is 23.7 Å². The van der Waals surface area contributed by atoms with Crippen molar-refractivity contribution in [2.45, 2.75) is 485 Å². The third-order valence-electron chi connectivity index (χ3n) is 21.1. The fourth-order valence-electron chi connectivity index (χ4n) is 14.4. The summed E-state index contributed by atoms with van der Waals surface area (Å²) < 4.78 is 22.9. The van der Waals surface area contributed by atoms with Gasteiger partial charge >= 0.3 is 0 Å². The summed E-state index contributed by atoms with van der Waals surface area (Å²) in [5.74, 6) is -0.239. The lowest BCUT2D eigenvalue weighted by atomic mass is 9.97. The molecule has 0 saturated carbocycles. The minimum atomic E-state index is -1.79. The molecule has 1 amide bonds. The Balaban J connectivity index is 1.58. The number of allylic oxidation sites excluding steroid dienone is 3. The maximum atomic E-state index is 13.4. The molecule has 0 bridgehead atoms. The fraction of sp³-hybridized carbons (Fsp3) is 0.940. The highest BCUT2D eigenvalue weighted by Gasteiger charge is 2.51. The maximum Gasteiger partial charge on any atom is 0.220 e. The summed E-state index contributed by atoms with van der Waals surface area (Å²) in [4.78, 5) is 13.4. The Morgan fingerprint density at radius 1 is 0.357 bits per heavy atom. The molecule has 2 aliphatic rings. The molecule has 12 atom stereocenters. The van der Waals surface area contributed by atoms with E-state index in [9.17, 15) is 45.6 Å². The van der Waals surface area contributed by atoms with Crippen molar-refractivity contribution in [1.29, 1.82) is 0 Å². The zero-order valence-corrected chi connectivity index (χ0v) is 63.8. The molecule has 0 aromatic carbocycles. The molecule has 98 heavy (non-hydrogen) atoms. The van der Waals surface area contributed by atoms with E-state index in [4.69, 9.17) is 18.9 Å². The Morgan fingerprint density at radius 2 is 0.653 bits per heavy atom. The van der Waals surface area contributed by atoms with E-state index in [0.717, 1.165) is 32.1 Å². The van der Waals surface area contributed by atoms with Crippen LogP contribution in [0.3, 0.4) is 0 Å². The smallest absolute Gasteiger partial charge is 0.220 e. The molecule has 0 aromatic heterocycles. The Hall–Kier alpha value is -1.53. The lowest BCUT2D eigenvalue weighted by Crippen LogP contribution is -2.65. The van der Waals surface area contributed by atoms with Gasteiger partial charge in [-0.25, -0.2) is 0 Å². The Morgan fingerprint density at radius 3 is 1.00 bits per heavy atom. The summed E-state index contributed by atoms with van der Waals surface area (Å²) in [5, 5.41) is 87.7. The van der Waals surface area contributed by atoms with Crippen LogP contribution in [0.4, 0.5) is 0 Å². The van der Waals surface area contributed by atoms with E-state index in [1.807, 2.05) is 6.08 Å². The van der Waals surface area contributed by atoms with E-state index >= 15 is 0 Å². The summed E-state index contributed by atoms with van der Waals surface area (Å²) in [5.41, 5.74) is 0. The van der Waals surface area contributed by atoms with Crippen molar-refractivity contribution in [2.75, 3.05) is 19.8 Å². The Bertz CT molecular complexity index is 1740. The van der Waals surface area contributed by atoms with Gasteiger partial charge in [0.05, 0.1) is 32.0 Å². The predicted octanol–water partition coefficient (Wildman–Crippen LogP) is 19.8. The first kappa shape index (κ1) is 92.6. The van der Waals surface area contributed by atoms with Gasteiger partial charge in [-0.1, -0.05) is 398 Å². The largest absolute Gasteiger partial charge is 0.394 e. The number of aliphatic hydroxyl groups excluding tert-OH is 8. The molecule has 0 radical (unpaired) electrons. The second-order valence-corrected chi connectivity index (χ2v) is 30.3. The molecule has 2 heterocycles. The van der Waals surface area contributed by atoms with Crippen LogP contribution in [0.25, 0.3) is 0 Å². The average molecular weight is 1390 g/mol. The molecule has 0 spiro atoms. The van der Waals surface area contributed by atoms with Crippen molar-refractivity contribution in [1.82, 2.24) is 5.32 Å². The Labute approximate surface area is 602 Å². The summed E-state index contributed by atoms with van der Waals surface area (Å²) in [6, 6.07) is -0.931. The SMILES string of the molecule is CCCCCCCCCCCCCCCCCCCCCC/C=C/CC/C=C/C(O)C(COC1OC(CO)C(OC2OC(CO)C(O)C(O)C2O)C(O)C1O)NC(=O)CCCCCCCCCCCCCCCCCCCCCCCCCCCCCCCCCCCCCCCC. The van der Waals surface area contributed by atoms with Crippen molar-refractivity contribution in [3.8, 4) is 0 Å². The molecule has 2 aliphatic heterocycles. The van der Waals surface area contributed by atoms with Crippen LogP contribution in [0.2, 0.25) is 0 Å². The molecule has 2 rings (SSSR count). The molecular weight excluding hydrogens is 1230 g/mol. The molecule has 9 N–H and O–H groups in total. The second kappa shape index (κ2) is 68.6. The molecule has 0 aromatic rings. The molecule has 12 unspecified atom stereocenters. The minimum Gasteiger partial charge on any atom is -0.394 e. The van der Waals surface area contributed by atoms with Crippen LogP contribution in [0.5, 0.6) is 0 Å². The third-order valence-corrected chi connectivity index (χ3v) is 21.1. The molecular formula is C84H161NO13. The van der Waals surface area contributed by atoms with Gasteiger partial charge in [0.1, 0.15) is 48.8 Å². The first-order valence-corrected chi connectivity index (χ1v) is 42.6. The van der Waals surface area contributed by atoms with Gasteiger partial charge < -0.3 is 65.1 Å². The number of nitrogens with one attached hydrogen (secondary N) is 1. The molecule has 14 heteroatoms. The number of unbranched alkanes of at least 4 members (excludes halogenated alkanes) is 58. The van der Waals surface area contributed by atoms with Gasteiger partial charge in [-0.3, -0.25) is 4.79 Å². The predicted molar refractivity (Wildman–Crippen MR) is 406 cm³/mol. The standard InChI is InChI=1S/C84H161NO13/c1-3-5-7-9-11-13-15-17-19-21-23-25-27-29-31-32-33-34-35-36-37-38-39-40-41-42-44-46-48-50-52-54-56-58-60-62-64-66-68-76(89)85-72(71-95-83-81(94)79(92)82(75(70-87)97-83)98-84-80(93)78(91)77(90)74(69-86)96-84)73(88)67-65-63-61-59-57-55-53-51-49-47-45-43-30-28-26-24-22-20-18-16-14-12-10-8-6-4-2/h57,59,65,67,72-75,77-84,86-88,90-94H,3-56,58,60-64,66,68-71H2,1-2H3,(H,85,89)/b59-57+,67-65+. The summed E-state index contributed by atoms with van der Waals surface area (Å²) >= 11 is 0. The molecule has 580 valence electrons. The average Bonchev–Trinajstić information content (AvgIpc) is 0.794. The zero-order chi connectivity index (χ0) is 70.8. The van der Waals surface area contributed by atoms with Crippen LogP contribution < -0.4 is 5.32 Å². The highest BCUT2D eigenvalue weighted by Crippen LogP contribution is 2.31. The van der Waals surface area contributed by atoms with Crippen LogP contribution >= 0.6 is 0 Å². The van der Waals surface area contributed by atoms with Gasteiger partial charge in [-0.2, -0.15) is 0 Å². The number of rotatable bonds is 73. The minimum absolute atomic E-state index is 0.239. The number of carbonyl (C=O) groups excluding carboxylic acids is 1. The van der Waals surface area contributed by atoms with E-state index in [0.29, 0.717) is 12.8 Å². The van der Waals surface area contributed by atoms with Gasteiger partial charge in [-0.05, 0) is 32.1 Å². The van der Waals surface area contributed by atoms with Crippen molar-refractivity contribution in [2.24, 2.45) is 0 Å². The quantitative estimate of drug-likeness (QED) is 0.0204. The molecule has 2 saturated heterocycles.